The topological polar surface area (TPSA) is 91.4 Å². The highest BCUT2D eigenvalue weighted by Gasteiger charge is 2.15. The van der Waals surface area contributed by atoms with Gasteiger partial charge in [-0.05, 0) is 58.6 Å². The molecule has 0 spiro atoms. The first kappa shape index (κ1) is 25.1. The van der Waals surface area contributed by atoms with Crippen molar-refractivity contribution in [2.24, 2.45) is 0 Å². The van der Waals surface area contributed by atoms with Crippen LogP contribution in [0.2, 0.25) is 0 Å². The van der Waals surface area contributed by atoms with Gasteiger partial charge >= 0.3 is 6.03 Å². The van der Waals surface area contributed by atoms with Crippen LogP contribution in [0.5, 0.6) is 5.75 Å². The third kappa shape index (κ3) is 7.51. The number of carbonyl (C=O) groups is 1. The Bertz CT molecular complexity index is 1120. The van der Waals surface area contributed by atoms with Gasteiger partial charge in [0.2, 0.25) is 0 Å². The SMILES string of the molecule is CN(C)CCOc1cc(F)c2c(Nc3ccc(NC(=O)NCCC(C)(C)F)cc3)ncnc2c1. The van der Waals surface area contributed by atoms with E-state index in [0.29, 0.717) is 41.6 Å². The zero-order valence-corrected chi connectivity index (χ0v) is 19.8. The standard InChI is InChI=1S/C24H30F2N6O2/c1-24(2,26)9-10-27-23(33)31-17-7-5-16(6-8-17)30-22-21-19(25)13-18(34-12-11-32(3)4)14-20(21)28-15-29-22/h5-8,13-15H,9-12H2,1-4H3,(H2,27,31,33)(H,28,29,30). The number of rotatable bonds is 10. The molecule has 10 heteroatoms. The van der Waals surface area contributed by atoms with Gasteiger partial charge in [-0.2, -0.15) is 0 Å². The molecular weight excluding hydrogens is 442 g/mol. The molecule has 0 fully saturated rings. The maximum Gasteiger partial charge on any atom is 0.319 e. The predicted molar refractivity (Wildman–Crippen MR) is 130 cm³/mol. The molecule has 0 aliphatic carbocycles. The van der Waals surface area contributed by atoms with Crippen molar-refractivity contribution in [2.75, 3.05) is 44.4 Å². The minimum Gasteiger partial charge on any atom is -0.492 e. The van der Waals surface area contributed by atoms with Gasteiger partial charge in [-0.3, -0.25) is 0 Å². The highest BCUT2D eigenvalue weighted by atomic mass is 19.1. The van der Waals surface area contributed by atoms with E-state index in [1.165, 1.54) is 26.2 Å². The number of amides is 2. The number of hydrogen-bond acceptors (Lipinski definition) is 6. The van der Waals surface area contributed by atoms with E-state index >= 15 is 0 Å². The van der Waals surface area contributed by atoms with E-state index in [-0.39, 0.29) is 18.4 Å². The molecule has 182 valence electrons. The van der Waals surface area contributed by atoms with Gasteiger partial charge in [0.25, 0.3) is 0 Å². The summed E-state index contributed by atoms with van der Waals surface area (Å²) in [5, 5.41) is 8.64. The van der Waals surface area contributed by atoms with Crippen LogP contribution >= 0.6 is 0 Å². The number of anilines is 3. The molecule has 0 bridgehead atoms. The average molecular weight is 473 g/mol. The Labute approximate surface area is 197 Å². The smallest absolute Gasteiger partial charge is 0.319 e. The molecule has 1 heterocycles. The molecule has 0 unspecified atom stereocenters. The lowest BCUT2D eigenvalue weighted by molar-refractivity contribution is 0.200. The summed E-state index contributed by atoms with van der Waals surface area (Å²) < 4.78 is 34.0. The van der Waals surface area contributed by atoms with E-state index in [0.717, 1.165) is 0 Å². The highest BCUT2D eigenvalue weighted by molar-refractivity contribution is 5.92. The number of alkyl halides is 1. The summed E-state index contributed by atoms with van der Waals surface area (Å²) in [6.07, 6.45) is 1.57. The molecule has 1 aromatic heterocycles. The summed E-state index contributed by atoms with van der Waals surface area (Å²) in [5.41, 5.74) is 0.284. The quantitative estimate of drug-likeness (QED) is 0.396. The van der Waals surface area contributed by atoms with Crippen molar-refractivity contribution in [3.05, 3.63) is 48.5 Å². The van der Waals surface area contributed by atoms with E-state index in [9.17, 15) is 13.6 Å². The first-order chi connectivity index (χ1) is 16.1. The fraction of sp³-hybridized carbons (Fsp3) is 0.375. The number of halogens is 2. The molecule has 3 aromatic rings. The van der Waals surface area contributed by atoms with Crippen LogP contribution in [0.15, 0.2) is 42.7 Å². The van der Waals surface area contributed by atoms with Gasteiger partial charge in [-0.25, -0.2) is 23.5 Å². The summed E-state index contributed by atoms with van der Waals surface area (Å²) in [6.45, 7) is 4.29. The summed E-state index contributed by atoms with van der Waals surface area (Å²) in [5.74, 6) is 0.224. The summed E-state index contributed by atoms with van der Waals surface area (Å²) in [7, 11) is 3.87. The summed E-state index contributed by atoms with van der Waals surface area (Å²) in [4.78, 5) is 22.3. The van der Waals surface area contributed by atoms with Crippen molar-refractivity contribution >= 4 is 34.1 Å². The fourth-order valence-corrected chi connectivity index (χ4v) is 3.06. The Kier molecular flexibility index (Phi) is 8.17. The monoisotopic (exact) mass is 472 g/mol. The maximum atomic E-state index is 14.9. The lowest BCUT2D eigenvalue weighted by Crippen LogP contribution is -2.32. The van der Waals surface area contributed by atoms with Crippen molar-refractivity contribution < 1.29 is 18.3 Å². The first-order valence-corrected chi connectivity index (χ1v) is 10.9. The third-order valence-electron chi connectivity index (χ3n) is 4.88. The molecule has 3 rings (SSSR count). The number of nitrogens with zero attached hydrogens (tertiary/aromatic N) is 3. The van der Waals surface area contributed by atoms with Crippen LogP contribution in [0.3, 0.4) is 0 Å². The number of aromatic nitrogens is 2. The zero-order chi connectivity index (χ0) is 24.7. The lowest BCUT2D eigenvalue weighted by atomic mass is 10.1. The molecule has 34 heavy (non-hydrogen) atoms. The van der Waals surface area contributed by atoms with E-state index < -0.39 is 17.5 Å². The Morgan fingerprint density at radius 3 is 2.50 bits per heavy atom. The van der Waals surface area contributed by atoms with Crippen LogP contribution in [0, 0.1) is 5.82 Å². The van der Waals surface area contributed by atoms with Crippen molar-refractivity contribution in [1.29, 1.82) is 0 Å². The van der Waals surface area contributed by atoms with Crippen LogP contribution in [0.4, 0.5) is 30.8 Å². The molecule has 2 aromatic carbocycles. The predicted octanol–water partition coefficient (Wildman–Crippen LogP) is 4.71. The lowest BCUT2D eigenvalue weighted by Gasteiger charge is -2.15. The number of carbonyl (C=O) groups excluding carboxylic acids is 1. The van der Waals surface area contributed by atoms with Gasteiger partial charge in [0.15, 0.2) is 0 Å². The number of fused-ring (bicyclic) bond motifs is 1. The van der Waals surface area contributed by atoms with E-state index in [4.69, 9.17) is 4.74 Å². The number of likely N-dealkylation sites (N-methyl/N-ethyl adjacent to an activating group) is 1. The normalized spacial score (nSPS) is 11.5. The molecule has 2 amide bonds. The number of nitrogens with one attached hydrogen (secondary N) is 3. The van der Waals surface area contributed by atoms with Gasteiger partial charge in [-0.1, -0.05) is 0 Å². The van der Waals surface area contributed by atoms with E-state index in [1.807, 2.05) is 19.0 Å². The maximum absolute atomic E-state index is 14.9. The highest BCUT2D eigenvalue weighted by Crippen LogP contribution is 2.29. The van der Waals surface area contributed by atoms with Crippen LogP contribution in [-0.2, 0) is 0 Å². The Morgan fingerprint density at radius 1 is 1.12 bits per heavy atom. The van der Waals surface area contributed by atoms with Crippen molar-refractivity contribution in [3.63, 3.8) is 0 Å². The molecule has 0 saturated carbocycles. The molecule has 0 aliphatic heterocycles. The van der Waals surface area contributed by atoms with Crippen LogP contribution in [0.1, 0.15) is 20.3 Å². The number of hydrogen-bond donors (Lipinski definition) is 3. The Morgan fingerprint density at radius 2 is 1.82 bits per heavy atom. The molecule has 0 radical (unpaired) electrons. The largest absolute Gasteiger partial charge is 0.492 e. The van der Waals surface area contributed by atoms with Gasteiger partial charge in [0.1, 0.15) is 36.0 Å². The molecule has 8 nitrogen and oxygen atoms in total. The fourth-order valence-electron chi connectivity index (χ4n) is 3.06. The van der Waals surface area contributed by atoms with Gasteiger partial charge in [0.05, 0.1) is 10.9 Å². The second-order valence-corrected chi connectivity index (χ2v) is 8.73. The summed E-state index contributed by atoms with van der Waals surface area (Å²) >= 11 is 0. The second kappa shape index (κ2) is 11.1. The van der Waals surface area contributed by atoms with Gasteiger partial charge in [-0.15, -0.1) is 0 Å². The number of benzene rings is 2. The summed E-state index contributed by atoms with van der Waals surface area (Å²) in [6, 6.07) is 9.42. The molecule has 0 saturated heterocycles. The minimum absolute atomic E-state index is 0.219. The molecular formula is C24H30F2N6O2. The number of urea groups is 1. The van der Waals surface area contributed by atoms with E-state index in [1.54, 1.807) is 30.3 Å². The van der Waals surface area contributed by atoms with Crippen molar-refractivity contribution in [1.82, 2.24) is 20.2 Å². The first-order valence-electron chi connectivity index (χ1n) is 10.9. The van der Waals surface area contributed by atoms with Gasteiger partial charge < -0.3 is 25.6 Å². The Balaban J connectivity index is 1.65. The molecule has 0 aliphatic rings. The average Bonchev–Trinajstić information content (AvgIpc) is 2.74. The van der Waals surface area contributed by atoms with E-state index in [2.05, 4.69) is 25.9 Å². The minimum atomic E-state index is -1.34. The zero-order valence-electron chi connectivity index (χ0n) is 19.8. The number of ether oxygens (including phenoxy) is 1. The van der Waals surface area contributed by atoms with Crippen molar-refractivity contribution in [3.8, 4) is 5.75 Å². The molecule has 3 N–H and O–H groups in total. The Hall–Kier alpha value is -3.53. The van der Waals surface area contributed by atoms with Crippen molar-refractivity contribution in [2.45, 2.75) is 25.9 Å². The van der Waals surface area contributed by atoms with Crippen LogP contribution < -0.4 is 20.7 Å². The third-order valence-corrected chi connectivity index (χ3v) is 4.88. The van der Waals surface area contributed by atoms with Crippen LogP contribution in [-0.4, -0.2) is 60.4 Å². The van der Waals surface area contributed by atoms with Gasteiger partial charge in [0, 0.05) is 36.6 Å². The molecule has 0 atom stereocenters. The van der Waals surface area contributed by atoms with Crippen LogP contribution in [0.25, 0.3) is 10.9 Å². The second-order valence-electron chi connectivity index (χ2n) is 8.73.